The molecule has 3 nitrogen and oxygen atoms in total. The Kier molecular flexibility index (Phi) is 5.12. The molecule has 0 aliphatic heterocycles. The fourth-order valence-corrected chi connectivity index (χ4v) is 1.48. The minimum Gasteiger partial charge on any atom is -0.495 e. The summed E-state index contributed by atoms with van der Waals surface area (Å²) in [6.45, 7) is 6.42. The Labute approximate surface area is 91.9 Å². The van der Waals surface area contributed by atoms with E-state index in [9.17, 15) is 0 Å². The van der Waals surface area contributed by atoms with E-state index in [-0.39, 0.29) is 0 Å². The van der Waals surface area contributed by atoms with Gasteiger partial charge in [-0.05, 0) is 37.1 Å². The Hall–Kier alpha value is -1.09. The zero-order valence-electron chi connectivity index (χ0n) is 9.79. The number of nitrogens with zero attached hydrogens (tertiary/aromatic N) is 1. The second-order valence-electron chi connectivity index (χ2n) is 3.70. The van der Waals surface area contributed by atoms with Gasteiger partial charge in [0.25, 0.3) is 0 Å². The topological polar surface area (TPSA) is 34.2 Å². The Morgan fingerprint density at radius 3 is 2.93 bits per heavy atom. The van der Waals surface area contributed by atoms with Gasteiger partial charge in [-0.15, -0.1) is 0 Å². The fraction of sp³-hybridized carbons (Fsp3) is 0.583. The molecule has 1 rings (SSSR count). The van der Waals surface area contributed by atoms with Crippen LogP contribution in [-0.2, 0) is 0 Å². The zero-order chi connectivity index (χ0) is 11.1. The molecule has 0 fully saturated rings. The fourth-order valence-electron chi connectivity index (χ4n) is 1.48. The monoisotopic (exact) mass is 208 g/mol. The van der Waals surface area contributed by atoms with E-state index in [1.54, 1.807) is 13.3 Å². The summed E-state index contributed by atoms with van der Waals surface area (Å²) in [5.41, 5.74) is 1.24. The number of pyridine rings is 1. The molecule has 1 N–H and O–H groups in total. The summed E-state index contributed by atoms with van der Waals surface area (Å²) in [7, 11) is 1.67. The van der Waals surface area contributed by atoms with Crippen LogP contribution in [-0.4, -0.2) is 25.2 Å². The van der Waals surface area contributed by atoms with Crippen LogP contribution in [0.1, 0.15) is 31.7 Å². The highest BCUT2D eigenvalue weighted by molar-refractivity contribution is 5.25. The van der Waals surface area contributed by atoms with Gasteiger partial charge >= 0.3 is 0 Å². The predicted octanol–water partition coefficient (Wildman–Crippen LogP) is 2.19. The lowest BCUT2D eigenvalue weighted by atomic mass is 9.99. The SMILES string of the molecule is CCNCCC(C)c1cncc(OC)c1. The second-order valence-corrected chi connectivity index (χ2v) is 3.70. The molecule has 1 unspecified atom stereocenters. The van der Waals surface area contributed by atoms with Crippen molar-refractivity contribution in [3.63, 3.8) is 0 Å². The van der Waals surface area contributed by atoms with Crippen LogP contribution in [0.3, 0.4) is 0 Å². The summed E-state index contributed by atoms with van der Waals surface area (Å²) in [5, 5.41) is 3.33. The van der Waals surface area contributed by atoms with E-state index in [4.69, 9.17) is 4.74 Å². The maximum absolute atomic E-state index is 5.15. The summed E-state index contributed by atoms with van der Waals surface area (Å²) in [6.07, 6.45) is 4.78. The van der Waals surface area contributed by atoms with Crippen LogP contribution < -0.4 is 10.1 Å². The minimum atomic E-state index is 0.520. The second kappa shape index (κ2) is 6.40. The summed E-state index contributed by atoms with van der Waals surface area (Å²) >= 11 is 0. The normalized spacial score (nSPS) is 12.5. The molecular formula is C12H20N2O. The van der Waals surface area contributed by atoms with Crippen LogP contribution in [0.4, 0.5) is 0 Å². The molecule has 0 amide bonds. The molecule has 0 saturated carbocycles. The average Bonchev–Trinajstić information content (AvgIpc) is 2.29. The Balaban J connectivity index is 2.52. The van der Waals surface area contributed by atoms with Gasteiger partial charge < -0.3 is 10.1 Å². The van der Waals surface area contributed by atoms with Crippen molar-refractivity contribution in [2.24, 2.45) is 0 Å². The molecule has 15 heavy (non-hydrogen) atoms. The smallest absolute Gasteiger partial charge is 0.137 e. The van der Waals surface area contributed by atoms with E-state index < -0.39 is 0 Å². The molecule has 0 aromatic carbocycles. The van der Waals surface area contributed by atoms with Gasteiger partial charge in [0, 0.05) is 6.20 Å². The molecule has 0 saturated heterocycles. The van der Waals surface area contributed by atoms with Crippen molar-refractivity contribution in [3.05, 3.63) is 24.0 Å². The molecule has 1 atom stereocenters. The molecule has 1 aromatic rings. The molecule has 3 heteroatoms. The highest BCUT2D eigenvalue weighted by Gasteiger charge is 2.06. The molecule has 0 aliphatic carbocycles. The van der Waals surface area contributed by atoms with Crippen molar-refractivity contribution in [1.82, 2.24) is 10.3 Å². The van der Waals surface area contributed by atoms with Gasteiger partial charge in [-0.2, -0.15) is 0 Å². The predicted molar refractivity (Wildman–Crippen MR) is 62.4 cm³/mol. The van der Waals surface area contributed by atoms with Crippen LogP contribution in [0.15, 0.2) is 18.5 Å². The van der Waals surface area contributed by atoms with Crippen LogP contribution in [0.5, 0.6) is 5.75 Å². The highest BCUT2D eigenvalue weighted by atomic mass is 16.5. The van der Waals surface area contributed by atoms with E-state index in [0.717, 1.165) is 25.3 Å². The maximum Gasteiger partial charge on any atom is 0.137 e. The minimum absolute atomic E-state index is 0.520. The van der Waals surface area contributed by atoms with Crippen molar-refractivity contribution in [2.45, 2.75) is 26.2 Å². The van der Waals surface area contributed by atoms with Gasteiger partial charge in [-0.1, -0.05) is 13.8 Å². The highest BCUT2D eigenvalue weighted by Crippen LogP contribution is 2.21. The first kappa shape index (κ1) is 12.0. The first-order valence-electron chi connectivity index (χ1n) is 5.47. The van der Waals surface area contributed by atoms with Gasteiger partial charge in [-0.3, -0.25) is 4.98 Å². The van der Waals surface area contributed by atoms with Crippen molar-refractivity contribution in [3.8, 4) is 5.75 Å². The van der Waals surface area contributed by atoms with E-state index >= 15 is 0 Å². The first-order chi connectivity index (χ1) is 7.27. The first-order valence-corrected chi connectivity index (χ1v) is 5.47. The van der Waals surface area contributed by atoms with E-state index in [1.807, 2.05) is 6.20 Å². The van der Waals surface area contributed by atoms with E-state index in [1.165, 1.54) is 5.56 Å². The molecule has 0 spiro atoms. The van der Waals surface area contributed by atoms with Crippen LogP contribution in [0.25, 0.3) is 0 Å². The largest absolute Gasteiger partial charge is 0.495 e. The summed E-state index contributed by atoms with van der Waals surface area (Å²) < 4.78 is 5.15. The Morgan fingerprint density at radius 1 is 1.47 bits per heavy atom. The number of aromatic nitrogens is 1. The molecular weight excluding hydrogens is 188 g/mol. The summed E-state index contributed by atoms with van der Waals surface area (Å²) in [5.74, 6) is 1.36. The lowest BCUT2D eigenvalue weighted by molar-refractivity contribution is 0.411. The third-order valence-corrected chi connectivity index (χ3v) is 2.54. The number of methoxy groups -OCH3 is 1. The molecule has 0 aliphatic rings. The van der Waals surface area contributed by atoms with E-state index in [0.29, 0.717) is 5.92 Å². The average molecular weight is 208 g/mol. The van der Waals surface area contributed by atoms with Crippen molar-refractivity contribution < 1.29 is 4.74 Å². The third kappa shape index (κ3) is 3.88. The summed E-state index contributed by atoms with van der Waals surface area (Å²) in [4.78, 5) is 4.16. The molecule has 1 aromatic heterocycles. The van der Waals surface area contributed by atoms with Gasteiger partial charge in [0.15, 0.2) is 0 Å². The lowest BCUT2D eigenvalue weighted by Crippen LogP contribution is -2.16. The Bertz CT molecular complexity index is 289. The molecule has 0 bridgehead atoms. The third-order valence-electron chi connectivity index (χ3n) is 2.54. The van der Waals surface area contributed by atoms with Gasteiger partial charge in [0.05, 0.1) is 13.3 Å². The number of rotatable bonds is 6. The standard InChI is InChI=1S/C12H20N2O/c1-4-13-6-5-10(2)11-7-12(15-3)9-14-8-11/h7-10,13H,4-6H2,1-3H3. The van der Waals surface area contributed by atoms with Crippen molar-refractivity contribution >= 4 is 0 Å². The van der Waals surface area contributed by atoms with Crippen molar-refractivity contribution in [2.75, 3.05) is 20.2 Å². The van der Waals surface area contributed by atoms with Crippen molar-refractivity contribution in [1.29, 1.82) is 0 Å². The summed E-state index contributed by atoms with van der Waals surface area (Å²) in [6, 6.07) is 2.06. The number of nitrogens with one attached hydrogen (secondary N) is 1. The molecule has 1 heterocycles. The van der Waals surface area contributed by atoms with Crippen LogP contribution >= 0.6 is 0 Å². The maximum atomic E-state index is 5.15. The van der Waals surface area contributed by atoms with Crippen LogP contribution in [0.2, 0.25) is 0 Å². The molecule has 84 valence electrons. The Morgan fingerprint density at radius 2 is 2.27 bits per heavy atom. The number of hydrogen-bond donors (Lipinski definition) is 1. The quantitative estimate of drug-likeness (QED) is 0.728. The number of ether oxygens (including phenoxy) is 1. The van der Waals surface area contributed by atoms with Gasteiger partial charge in [-0.25, -0.2) is 0 Å². The lowest BCUT2D eigenvalue weighted by Gasteiger charge is -2.12. The zero-order valence-corrected chi connectivity index (χ0v) is 9.79. The van der Waals surface area contributed by atoms with E-state index in [2.05, 4.69) is 30.2 Å². The molecule has 0 radical (unpaired) electrons. The van der Waals surface area contributed by atoms with Gasteiger partial charge in [0.1, 0.15) is 5.75 Å². The number of hydrogen-bond acceptors (Lipinski definition) is 3. The van der Waals surface area contributed by atoms with Gasteiger partial charge in [0.2, 0.25) is 0 Å². The van der Waals surface area contributed by atoms with Crippen LogP contribution in [0, 0.1) is 0 Å².